The Hall–Kier alpha value is -2.84. The summed E-state index contributed by atoms with van der Waals surface area (Å²) in [5.41, 5.74) is 10.8. The lowest BCUT2D eigenvalue weighted by Crippen LogP contribution is -2.39. The molecule has 1 aromatic rings. The number of carboxylic acids is 2. The summed E-state index contributed by atoms with van der Waals surface area (Å²) in [4.78, 5) is 25.6. The van der Waals surface area contributed by atoms with Crippen LogP contribution in [0.2, 0.25) is 0 Å². The molecule has 0 aliphatic carbocycles. The van der Waals surface area contributed by atoms with Gasteiger partial charge in [0.15, 0.2) is 0 Å². The highest BCUT2D eigenvalue weighted by atomic mass is 19.4. The van der Waals surface area contributed by atoms with E-state index in [1.807, 2.05) is 13.8 Å². The molecule has 9 nitrogen and oxygen atoms in total. The van der Waals surface area contributed by atoms with Crippen LogP contribution in [0.3, 0.4) is 0 Å². The lowest BCUT2D eigenvalue weighted by atomic mass is 10.1. The number of carboxylic acid groups (broad SMARTS) is 2. The van der Waals surface area contributed by atoms with Crippen molar-refractivity contribution in [2.75, 3.05) is 17.6 Å². The average Bonchev–Trinajstić information content (AvgIpc) is 2.46. The Morgan fingerprint density at radius 2 is 1.44 bits per heavy atom. The quantitative estimate of drug-likeness (QED) is 0.465. The van der Waals surface area contributed by atoms with Crippen molar-refractivity contribution in [1.29, 1.82) is 0 Å². The number of halogens is 6. The number of hydrogen-bond acceptors (Lipinski definition) is 7. The third kappa shape index (κ3) is 14.1. The van der Waals surface area contributed by atoms with Crippen molar-refractivity contribution in [2.24, 2.45) is 5.73 Å². The van der Waals surface area contributed by atoms with E-state index in [0.717, 1.165) is 0 Å². The summed E-state index contributed by atoms with van der Waals surface area (Å²) in [6.07, 6.45) is -8.56. The summed E-state index contributed by atoms with van der Waals surface area (Å²) in [5.74, 6) is -4.55. The zero-order chi connectivity index (χ0) is 22.1. The van der Waals surface area contributed by atoms with E-state index >= 15 is 0 Å². The molecule has 0 saturated heterocycles. The van der Waals surface area contributed by atoms with E-state index in [2.05, 4.69) is 15.3 Å². The van der Waals surface area contributed by atoms with Gasteiger partial charge in [-0.3, -0.25) is 0 Å². The number of nitrogens with one attached hydrogen (secondary N) is 1. The number of hydrogen-bond donors (Lipinski definition) is 5. The molecule has 156 valence electrons. The number of nitrogens with zero attached hydrogens (tertiary/aromatic N) is 2. The van der Waals surface area contributed by atoms with Gasteiger partial charge in [-0.05, 0) is 19.9 Å². The number of rotatable bonds is 3. The van der Waals surface area contributed by atoms with Gasteiger partial charge in [0.25, 0.3) is 0 Å². The SMILES string of the molecule is CC(C)(CN)Nc1ccnc(N)n1.O=C(O)C(F)(F)F.O=C(O)C(F)(F)F. The van der Waals surface area contributed by atoms with E-state index in [9.17, 15) is 26.3 Å². The van der Waals surface area contributed by atoms with E-state index < -0.39 is 24.3 Å². The van der Waals surface area contributed by atoms with Crippen molar-refractivity contribution in [3.63, 3.8) is 0 Å². The number of carbonyl (C=O) groups is 2. The Kier molecular flexibility index (Phi) is 10.1. The van der Waals surface area contributed by atoms with Crippen molar-refractivity contribution in [3.05, 3.63) is 12.3 Å². The van der Waals surface area contributed by atoms with Crippen molar-refractivity contribution < 1.29 is 46.1 Å². The molecule has 0 unspecified atom stereocenters. The molecular weight excluding hydrogens is 392 g/mol. The fraction of sp³-hybridized carbons (Fsp3) is 0.500. The van der Waals surface area contributed by atoms with Gasteiger partial charge in [0, 0.05) is 18.3 Å². The lowest BCUT2D eigenvalue weighted by Gasteiger charge is -2.24. The zero-order valence-electron chi connectivity index (χ0n) is 13.9. The number of anilines is 2. The van der Waals surface area contributed by atoms with Crippen molar-refractivity contribution in [3.8, 4) is 0 Å². The Morgan fingerprint density at radius 1 is 1.07 bits per heavy atom. The highest BCUT2D eigenvalue weighted by Gasteiger charge is 2.38. The first-order chi connectivity index (χ1) is 11.9. The monoisotopic (exact) mass is 409 g/mol. The van der Waals surface area contributed by atoms with E-state index in [1.165, 1.54) is 0 Å². The highest BCUT2D eigenvalue weighted by molar-refractivity contribution is 5.73. The van der Waals surface area contributed by atoms with E-state index in [4.69, 9.17) is 31.3 Å². The fourth-order valence-corrected chi connectivity index (χ4v) is 0.841. The summed E-state index contributed by atoms with van der Waals surface area (Å²) in [7, 11) is 0. The molecule has 1 heterocycles. The van der Waals surface area contributed by atoms with Gasteiger partial charge in [0.1, 0.15) is 5.82 Å². The molecule has 0 fully saturated rings. The van der Waals surface area contributed by atoms with Gasteiger partial charge in [-0.15, -0.1) is 0 Å². The van der Waals surface area contributed by atoms with E-state index in [-0.39, 0.29) is 11.5 Å². The predicted molar refractivity (Wildman–Crippen MR) is 80.6 cm³/mol. The van der Waals surface area contributed by atoms with Crippen LogP contribution in [0.15, 0.2) is 12.3 Å². The number of nitrogens with two attached hydrogens (primary N) is 2. The van der Waals surface area contributed by atoms with Crippen LogP contribution in [0.4, 0.5) is 38.1 Å². The summed E-state index contributed by atoms with van der Waals surface area (Å²) in [5, 5.41) is 17.4. The van der Waals surface area contributed by atoms with Crippen LogP contribution in [-0.2, 0) is 9.59 Å². The van der Waals surface area contributed by atoms with E-state index in [1.54, 1.807) is 12.3 Å². The van der Waals surface area contributed by atoms with Gasteiger partial charge in [-0.2, -0.15) is 31.3 Å². The number of nitrogen functional groups attached to an aromatic ring is 1. The molecule has 0 saturated carbocycles. The van der Waals surface area contributed by atoms with Gasteiger partial charge in [0.05, 0.1) is 0 Å². The minimum Gasteiger partial charge on any atom is -0.475 e. The molecule has 0 aliphatic heterocycles. The fourth-order valence-electron chi connectivity index (χ4n) is 0.841. The Balaban J connectivity index is 0. The molecule has 0 aliphatic rings. The first-order valence-electron chi connectivity index (χ1n) is 6.59. The molecule has 0 atom stereocenters. The van der Waals surface area contributed by atoms with Crippen LogP contribution in [0, 0.1) is 0 Å². The number of aliphatic carboxylic acids is 2. The minimum absolute atomic E-state index is 0.180. The lowest BCUT2D eigenvalue weighted by molar-refractivity contribution is -0.193. The number of alkyl halides is 6. The molecule has 0 aromatic carbocycles. The molecular formula is C12H17F6N5O4. The maximum absolute atomic E-state index is 10.6. The second-order valence-corrected chi connectivity index (χ2v) is 5.12. The Bertz CT molecular complexity index is 597. The summed E-state index contributed by atoms with van der Waals surface area (Å²) in [6.45, 7) is 4.51. The van der Waals surface area contributed by atoms with Crippen molar-refractivity contribution in [1.82, 2.24) is 9.97 Å². The molecule has 0 amide bonds. The van der Waals surface area contributed by atoms with Crippen molar-refractivity contribution in [2.45, 2.75) is 31.7 Å². The molecule has 1 rings (SSSR count). The normalized spacial score (nSPS) is 11.3. The van der Waals surface area contributed by atoms with Crippen LogP contribution in [0.1, 0.15) is 13.8 Å². The summed E-state index contributed by atoms with van der Waals surface area (Å²) < 4.78 is 63.5. The summed E-state index contributed by atoms with van der Waals surface area (Å²) in [6, 6.07) is 1.76. The molecule has 1 aromatic heterocycles. The first-order valence-corrected chi connectivity index (χ1v) is 6.59. The van der Waals surface area contributed by atoms with Crippen LogP contribution < -0.4 is 16.8 Å². The maximum atomic E-state index is 10.6. The van der Waals surface area contributed by atoms with Crippen molar-refractivity contribution >= 4 is 23.7 Å². The second-order valence-electron chi connectivity index (χ2n) is 5.12. The largest absolute Gasteiger partial charge is 0.490 e. The van der Waals surface area contributed by atoms with Gasteiger partial charge < -0.3 is 27.0 Å². The molecule has 15 heteroatoms. The third-order valence-electron chi connectivity index (χ3n) is 2.14. The van der Waals surface area contributed by atoms with Crippen LogP contribution in [0.25, 0.3) is 0 Å². The predicted octanol–water partition coefficient (Wildman–Crippen LogP) is 1.47. The standard InChI is InChI=1S/C8H15N5.2C2HF3O2/c1-8(2,5-9)13-6-3-4-11-7(10)12-6;2*3-2(4,5)1(6)7/h3-4H,5,9H2,1-2H3,(H3,10,11,12,13);2*(H,6,7). The molecule has 0 spiro atoms. The zero-order valence-corrected chi connectivity index (χ0v) is 13.9. The smallest absolute Gasteiger partial charge is 0.475 e. The van der Waals surface area contributed by atoms with Gasteiger partial charge in [-0.25, -0.2) is 14.6 Å². The summed E-state index contributed by atoms with van der Waals surface area (Å²) >= 11 is 0. The Labute approximate surface area is 148 Å². The van der Waals surface area contributed by atoms with Crippen LogP contribution >= 0.6 is 0 Å². The topological polar surface area (TPSA) is 164 Å². The minimum atomic E-state index is -5.08. The maximum Gasteiger partial charge on any atom is 0.490 e. The molecule has 27 heavy (non-hydrogen) atoms. The molecule has 0 bridgehead atoms. The van der Waals surface area contributed by atoms with Gasteiger partial charge in [0.2, 0.25) is 5.95 Å². The van der Waals surface area contributed by atoms with Gasteiger partial charge >= 0.3 is 24.3 Å². The number of aromatic nitrogens is 2. The third-order valence-corrected chi connectivity index (χ3v) is 2.14. The Morgan fingerprint density at radius 3 is 1.70 bits per heavy atom. The average molecular weight is 409 g/mol. The molecule has 7 N–H and O–H groups in total. The van der Waals surface area contributed by atoms with E-state index in [0.29, 0.717) is 12.4 Å². The second kappa shape index (κ2) is 10.3. The highest BCUT2D eigenvalue weighted by Crippen LogP contribution is 2.14. The van der Waals surface area contributed by atoms with Gasteiger partial charge in [-0.1, -0.05) is 0 Å². The molecule has 0 radical (unpaired) electrons. The van der Waals surface area contributed by atoms with Crippen LogP contribution in [-0.4, -0.2) is 56.6 Å². The first kappa shape index (κ1) is 26.4. The van der Waals surface area contributed by atoms with Crippen LogP contribution in [0.5, 0.6) is 0 Å².